The summed E-state index contributed by atoms with van der Waals surface area (Å²) < 4.78 is 5.51. The molecule has 1 atom stereocenters. The summed E-state index contributed by atoms with van der Waals surface area (Å²) in [7, 11) is 0. The van der Waals surface area contributed by atoms with Crippen LogP contribution in [0.3, 0.4) is 0 Å². The Kier molecular flexibility index (Phi) is 2.89. The maximum atomic E-state index is 5.51. The van der Waals surface area contributed by atoms with Gasteiger partial charge in [0.25, 0.3) is 0 Å². The first-order valence-corrected chi connectivity index (χ1v) is 4.11. The van der Waals surface area contributed by atoms with Gasteiger partial charge in [-0.1, -0.05) is 23.3 Å². The molecule has 0 aliphatic carbocycles. The average molecular weight is 152 g/mol. The standard InChI is InChI=1S/C10H16O/c1-8(2)6-10-7-9(3)4-5-11-10/h4,6,10H,5,7H2,1-3H3. The number of rotatable bonds is 1. The Labute approximate surface area is 68.8 Å². The molecule has 1 unspecified atom stereocenters. The summed E-state index contributed by atoms with van der Waals surface area (Å²) in [6.07, 6.45) is 5.72. The maximum absolute atomic E-state index is 5.51. The molecule has 11 heavy (non-hydrogen) atoms. The highest BCUT2D eigenvalue weighted by atomic mass is 16.5. The average Bonchev–Trinajstić information content (AvgIpc) is 1.85. The molecule has 1 nitrogen and oxygen atoms in total. The predicted octanol–water partition coefficient (Wildman–Crippen LogP) is 2.69. The zero-order chi connectivity index (χ0) is 8.27. The Morgan fingerprint density at radius 3 is 2.91 bits per heavy atom. The Morgan fingerprint density at radius 1 is 1.64 bits per heavy atom. The van der Waals surface area contributed by atoms with Gasteiger partial charge >= 0.3 is 0 Å². The van der Waals surface area contributed by atoms with Crippen LogP contribution < -0.4 is 0 Å². The maximum Gasteiger partial charge on any atom is 0.0799 e. The SMILES string of the molecule is CC(C)=CC1CC(C)=CCO1. The first-order chi connectivity index (χ1) is 5.18. The van der Waals surface area contributed by atoms with Crippen LogP contribution >= 0.6 is 0 Å². The molecule has 0 fully saturated rings. The Balaban J connectivity index is 2.51. The molecule has 0 amide bonds. The van der Waals surface area contributed by atoms with Gasteiger partial charge in [0.05, 0.1) is 12.7 Å². The van der Waals surface area contributed by atoms with Crippen molar-refractivity contribution in [3.8, 4) is 0 Å². The molecule has 1 heteroatoms. The van der Waals surface area contributed by atoms with E-state index in [2.05, 4.69) is 32.9 Å². The van der Waals surface area contributed by atoms with E-state index >= 15 is 0 Å². The summed E-state index contributed by atoms with van der Waals surface area (Å²) >= 11 is 0. The molecule has 0 aromatic rings. The van der Waals surface area contributed by atoms with E-state index in [9.17, 15) is 0 Å². The van der Waals surface area contributed by atoms with Gasteiger partial charge in [0.2, 0.25) is 0 Å². The number of hydrogen-bond donors (Lipinski definition) is 0. The second-order valence-electron chi connectivity index (χ2n) is 3.37. The van der Waals surface area contributed by atoms with Crippen molar-refractivity contribution in [3.63, 3.8) is 0 Å². The van der Waals surface area contributed by atoms with Gasteiger partial charge in [0, 0.05) is 0 Å². The van der Waals surface area contributed by atoms with Crippen LogP contribution in [0.2, 0.25) is 0 Å². The van der Waals surface area contributed by atoms with Crippen LogP contribution in [0.4, 0.5) is 0 Å². The van der Waals surface area contributed by atoms with E-state index in [4.69, 9.17) is 4.74 Å². The van der Waals surface area contributed by atoms with Crippen LogP contribution in [-0.4, -0.2) is 12.7 Å². The lowest BCUT2D eigenvalue weighted by atomic mass is 10.1. The highest BCUT2D eigenvalue weighted by Crippen LogP contribution is 2.15. The third-order valence-corrected chi connectivity index (χ3v) is 1.78. The third kappa shape index (κ3) is 2.89. The fraction of sp³-hybridized carbons (Fsp3) is 0.600. The topological polar surface area (TPSA) is 9.23 Å². The van der Waals surface area contributed by atoms with Crippen LogP contribution in [0.15, 0.2) is 23.3 Å². The van der Waals surface area contributed by atoms with Gasteiger partial charge < -0.3 is 4.74 Å². The van der Waals surface area contributed by atoms with Crippen molar-refractivity contribution in [2.75, 3.05) is 6.61 Å². The molecule has 0 bridgehead atoms. The number of hydrogen-bond acceptors (Lipinski definition) is 1. The summed E-state index contributed by atoms with van der Waals surface area (Å²) in [6, 6.07) is 0. The van der Waals surface area contributed by atoms with E-state index in [0.717, 1.165) is 13.0 Å². The lowest BCUT2D eigenvalue weighted by Gasteiger charge is -2.19. The van der Waals surface area contributed by atoms with Gasteiger partial charge in [-0.15, -0.1) is 0 Å². The summed E-state index contributed by atoms with van der Waals surface area (Å²) in [6.45, 7) is 7.16. The quantitative estimate of drug-likeness (QED) is 0.525. The molecule has 0 aromatic heterocycles. The molecule has 1 heterocycles. The first-order valence-electron chi connectivity index (χ1n) is 4.11. The normalized spacial score (nSPS) is 24.3. The van der Waals surface area contributed by atoms with Gasteiger partial charge in [-0.05, 0) is 27.2 Å². The highest BCUT2D eigenvalue weighted by Gasteiger charge is 2.09. The van der Waals surface area contributed by atoms with Crippen molar-refractivity contribution < 1.29 is 4.74 Å². The molecule has 0 saturated carbocycles. The van der Waals surface area contributed by atoms with Crippen molar-refractivity contribution in [2.45, 2.75) is 33.3 Å². The molecular formula is C10H16O. The molecule has 0 N–H and O–H groups in total. The minimum Gasteiger partial charge on any atom is -0.370 e. The monoisotopic (exact) mass is 152 g/mol. The fourth-order valence-electron chi connectivity index (χ4n) is 1.25. The van der Waals surface area contributed by atoms with Crippen molar-refractivity contribution in [3.05, 3.63) is 23.3 Å². The van der Waals surface area contributed by atoms with Crippen LogP contribution in [0, 0.1) is 0 Å². The molecular weight excluding hydrogens is 136 g/mol. The van der Waals surface area contributed by atoms with E-state index < -0.39 is 0 Å². The summed E-state index contributed by atoms with van der Waals surface area (Å²) in [5.74, 6) is 0. The first kappa shape index (κ1) is 8.54. The molecule has 0 spiro atoms. The van der Waals surface area contributed by atoms with Gasteiger partial charge in [-0.3, -0.25) is 0 Å². The zero-order valence-corrected chi connectivity index (χ0v) is 7.55. The Bertz CT molecular complexity index is 185. The van der Waals surface area contributed by atoms with E-state index in [1.165, 1.54) is 11.1 Å². The van der Waals surface area contributed by atoms with E-state index in [-0.39, 0.29) is 0 Å². The van der Waals surface area contributed by atoms with Gasteiger partial charge in [-0.25, -0.2) is 0 Å². The number of allylic oxidation sites excluding steroid dienone is 1. The number of ether oxygens (including phenoxy) is 1. The molecule has 1 aliphatic heterocycles. The summed E-state index contributed by atoms with van der Waals surface area (Å²) in [4.78, 5) is 0. The fourth-order valence-corrected chi connectivity index (χ4v) is 1.25. The summed E-state index contributed by atoms with van der Waals surface area (Å²) in [5, 5.41) is 0. The van der Waals surface area contributed by atoms with Crippen LogP contribution in [0.25, 0.3) is 0 Å². The van der Waals surface area contributed by atoms with Crippen molar-refractivity contribution in [1.29, 1.82) is 0 Å². The van der Waals surface area contributed by atoms with Crippen molar-refractivity contribution >= 4 is 0 Å². The van der Waals surface area contributed by atoms with Gasteiger partial charge in [-0.2, -0.15) is 0 Å². The van der Waals surface area contributed by atoms with Crippen LogP contribution in [0.5, 0.6) is 0 Å². The lowest BCUT2D eigenvalue weighted by Crippen LogP contribution is -2.15. The van der Waals surface area contributed by atoms with E-state index in [0.29, 0.717) is 6.10 Å². The molecule has 1 aliphatic rings. The van der Waals surface area contributed by atoms with E-state index in [1.807, 2.05) is 0 Å². The Hall–Kier alpha value is -0.560. The molecule has 0 saturated heterocycles. The molecule has 1 rings (SSSR count). The highest BCUT2D eigenvalue weighted by molar-refractivity contribution is 5.09. The van der Waals surface area contributed by atoms with Gasteiger partial charge in [0.1, 0.15) is 0 Å². The van der Waals surface area contributed by atoms with Crippen molar-refractivity contribution in [2.24, 2.45) is 0 Å². The second-order valence-corrected chi connectivity index (χ2v) is 3.37. The smallest absolute Gasteiger partial charge is 0.0799 e. The molecule has 0 radical (unpaired) electrons. The molecule has 0 aromatic carbocycles. The van der Waals surface area contributed by atoms with E-state index in [1.54, 1.807) is 0 Å². The predicted molar refractivity (Wildman–Crippen MR) is 47.5 cm³/mol. The van der Waals surface area contributed by atoms with Crippen molar-refractivity contribution in [1.82, 2.24) is 0 Å². The molecule has 62 valence electrons. The minimum absolute atomic E-state index is 0.324. The van der Waals surface area contributed by atoms with Gasteiger partial charge in [0.15, 0.2) is 0 Å². The second kappa shape index (κ2) is 3.72. The third-order valence-electron chi connectivity index (χ3n) is 1.78. The van der Waals surface area contributed by atoms with Crippen LogP contribution in [0.1, 0.15) is 27.2 Å². The zero-order valence-electron chi connectivity index (χ0n) is 7.55. The van der Waals surface area contributed by atoms with Crippen LogP contribution in [-0.2, 0) is 4.74 Å². The summed E-state index contributed by atoms with van der Waals surface area (Å²) in [5.41, 5.74) is 2.78. The largest absolute Gasteiger partial charge is 0.370 e. The Morgan fingerprint density at radius 2 is 2.36 bits per heavy atom. The lowest BCUT2D eigenvalue weighted by molar-refractivity contribution is 0.0983. The minimum atomic E-state index is 0.324.